The summed E-state index contributed by atoms with van der Waals surface area (Å²) in [6, 6.07) is 10.3. The summed E-state index contributed by atoms with van der Waals surface area (Å²) < 4.78 is 1.74. The van der Waals surface area contributed by atoms with Gasteiger partial charge in [0.15, 0.2) is 0 Å². The van der Waals surface area contributed by atoms with Gasteiger partial charge in [-0.3, -0.25) is 9.36 Å². The number of piperidine rings is 1. The number of hydrogen-bond acceptors (Lipinski definition) is 9. The molecule has 2 aliphatic heterocycles. The van der Waals surface area contributed by atoms with Gasteiger partial charge in [-0.15, -0.1) is 11.3 Å². The van der Waals surface area contributed by atoms with Gasteiger partial charge in [0.1, 0.15) is 5.65 Å². The van der Waals surface area contributed by atoms with Gasteiger partial charge in [0, 0.05) is 67.8 Å². The lowest BCUT2D eigenvalue weighted by molar-refractivity contribution is 0.255. The summed E-state index contributed by atoms with van der Waals surface area (Å²) in [7, 11) is 4.33. The van der Waals surface area contributed by atoms with Crippen molar-refractivity contribution in [3.8, 4) is 10.4 Å². The number of hydrogen-bond donors (Lipinski definition) is 1. The minimum Gasteiger partial charge on any atom is -0.369 e. The summed E-state index contributed by atoms with van der Waals surface area (Å²) in [5, 5.41) is 5.30. The van der Waals surface area contributed by atoms with Crippen LogP contribution in [-0.4, -0.2) is 82.7 Å². The first-order chi connectivity index (χ1) is 19.0. The monoisotopic (exact) mass is 544 g/mol. The SMILES string of the molecule is CCn1c(=O)c(-c2cnc(C3CCN(C)CC3)s2)cc2cnc(Nc3ccc(N4CCN(C)CC4)cc3)nc21. The van der Waals surface area contributed by atoms with Crippen molar-refractivity contribution in [3.05, 3.63) is 58.1 Å². The topological polar surface area (TPSA) is 82.4 Å². The average Bonchev–Trinajstić information content (AvgIpc) is 3.44. The smallest absolute Gasteiger partial charge is 0.260 e. The van der Waals surface area contributed by atoms with E-state index in [0.717, 1.165) is 73.1 Å². The Morgan fingerprint density at radius 2 is 1.67 bits per heavy atom. The van der Waals surface area contributed by atoms with Crippen LogP contribution in [0.5, 0.6) is 0 Å². The molecule has 5 heterocycles. The van der Waals surface area contributed by atoms with Crippen molar-refractivity contribution in [1.29, 1.82) is 0 Å². The summed E-state index contributed by atoms with van der Waals surface area (Å²) in [6.07, 6.45) is 5.89. The molecule has 204 valence electrons. The highest BCUT2D eigenvalue weighted by Gasteiger charge is 2.23. The summed E-state index contributed by atoms with van der Waals surface area (Å²) in [4.78, 5) is 35.7. The highest BCUT2D eigenvalue weighted by Crippen LogP contribution is 2.34. The maximum atomic E-state index is 13.6. The molecule has 0 unspecified atom stereocenters. The van der Waals surface area contributed by atoms with Gasteiger partial charge >= 0.3 is 0 Å². The number of pyridine rings is 1. The third-order valence-electron chi connectivity index (χ3n) is 7.99. The van der Waals surface area contributed by atoms with Crippen LogP contribution in [0, 0.1) is 0 Å². The quantitative estimate of drug-likeness (QED) is 0.386. The maximum absolute atomic E-state index is 13.6. The van der Waals surface area contributed by atoms with Crippen molar-refractivity contribution in [1.82, 2.24) is 29.3 Å². The molecule has 2 aliphatic rings. The molecule has 0 radical (unpaired) electrons. The minimum atomic E-state index is -0.0373. The molecule has 0 amide bonds. The zero-order chi connectivity index (χ0) is 26.9. The highest BCUT2D eigenvalue weighted by atomic mass is 32.1. The number of fused-ring (bicyclic) bond motifs is 1. The number of anilines is 3. The normalized spacial score (nSPS) is 17.7. The van der Waals surface area contributed by atoms with Crippen LogP contribution >= 0.6 is 11.3 Å². The van der Waals surface area contributed by atoms with Crippen LogP contribution in [0.4, 0.5) is 17.3 Å². The molecule has 1 aromatic carbocycles. The second kappa shape index (κ2) is 11.0. The molecule has 10 heteroatoms. The molecular weight excluding hydrogens is 508 g/mol. The molecule has 6 rings (SSSR count). The van der Waals surface area contributed by atoms with Gasteiger partial charge in [0.05, 0.1) is 15.4 Å². The van der Waals surface area contributed by atoms with Gasteiger partial charge in [-0.1, -0.05) is 0 Å². The van der Waals surface area contributed by atoms with Crippen LogP contribution in [0.25, 0.3) is 21.5 Å². The first-order valence-electron chi connectivity index (χ1n) is 13.8. The van der Waals surface area contributed by atoms with E-state index in [-0.39, 0.29) is 5.56 Å². The van der Waals surface area contributed by atoms with Crippen molar-refractivity contribution < 1.29 is 0 Å². The Morgan fingerprint density at radius 3 is 2.38 bits per heavy atom. The molecule has 0 saturated carbocycles. The van der Waals surface area contributed by atoms with Crippen molar-refractivity contribution in [2.24, 2.45) is 0 Å². The van der Waals surface area contributed by atoms with Crippen molar-refractivity contribution in [2.75, 3.05) is 63.6 Å². The first-order valence-corrected chi connectivity index (χ1v) is 14.7. The van der Waals surface area contributed by atoms with Gasteiger partial charge in [0.25, 0.3) is 5.56 Å². The van der Waals surface area contributed by atoms with E-state index in [4.69, 9.17) is 9.97 Å². The van der Waals surface area contributed by atoms with Crippen molar-refractivity contribution >= 4 is 39.7 Å². The Hall–Kier alpha value is -3.34. The van der Waals surface area contributed by atoms with Crippen LogP contribution in [0.2, 0.25) is 0 Å². The number of piperazine rings is 1. The molecule has 4 aromatic rings. The largest absolute Gasteiger partial charge is 0.369 e. The Bertz CT molecular complexity index is 1500. The third-order valence-corrected chi connectivity index (χ3v) is 9.19. The molecule has 2 fully saturated rings. The minimum absolute atomic E-state index is 0.0373. The van der Waals surface area contributed by atoms with E-state index in [0.29, 0.717) is 29.6 Å². The molecular formula is C29H36N8OS. The molecule has 0 atom stereocenters. The average molecular weight is 545 g/mol. The summed E-state index contributed by atoms with van der Waals surface area (Å²) in [5.41, 5.74) is 3.41. The summed E-state index contributed by atoms with van der Waals surface area (Å²) >= 11 is 1.65. The number of thiazole rings is 1. The van der Waals surface area contributed by atoms with Crippen LogP contribution in [0.1, 0.15) is 30.7 Å². The van der Waals surface area contributed by atoms with E-state index in [1.807, 2.05) is 19.2 Å². The zero-order valence-electron chi connectivity index (χ0n) is 22.9. The molecule has 9 nitrogen and oxygen atoms in total. The van der Waals surface area contributed by atoms with E-state index in [1.54, 1.807) is 22.1 Å². The van der Waals surface area contributed by atoms with Gasteiger partial charge in [-0.2, -0.15) is 4.98 Å². The molecule has 39 heavy (non-hydrogen) atoms. The molecule has 0 aliphatic carbocycles. The second-order valence-electron chi connectivity index (χ2n) is 10.7. The van der Waals surface area contributed by atoms with Gasteiger partial charge in [0.2, 0.25) is 5.95 Å². The second-order valence-corrected chi connectivity index (χ2v) is 11.7. The molecule has 1 N–H and O–H groups in total. The number of aryl methyl sites for hydroxylation is 1. The number of rotatable bonds is 6. The lowest BCUT2D eigenvalue weighted by atomic mass is 9.98. The number of nitrogens with one attached hydrogen (secondary N) is 1. The molecule has 3 aromatic heterocycles. The number of nitrogens with zero attached hydrogens (tertiary/aromatic N) is 7. The van der Waals surface area contributed by atoms with E-state index in [2.05, 4.69) is 63.4 Å². The van der Waals surface area contributed by atoms with E-state index < -0.39 is 0 Å². The predicted octanol–water partition coefficient (Wildman–Crippen LogP) is 4.24. The van der Waals surface area contributed by atoms with Crippen LogP contribution in [0.15, 0.2) is 47.5 Å². The first kappa shape index (κ1) is 25.9. The third kappa shape index (κ3) is 5.41. The van der Waals surface area contributed by atoms with Gasteiger partial charge in [-0.25, -0.2) is 9.97 Å². The zero-order valence-corrected chi connectivity index (χ0v) is 23.7. The standard InChI is InChI=1S/C29H36N8OS/c1-4-37-26-21(17-24(28(37)38)25-19-30-27(39-25)20-9-11-34(2)12-10-20)18-31-29(33-26)32-22-5-7-23(8-6-22)36-15-13-35(3)14-16-36/h5-8,17-20H,4,9-16H2,1-3H3,(H,31,32,33). The number of benzene rings is 1. The lowest BCUT2D eigenvalue weighted by Crippen LogP contribution is -2.44. The maximum Gasteiger partial charge on any atom is 0.260 e. The van der Waals surface area contributed by atoms with E-state index >= 15 is 0 Å². The number of aromatic nitrogens is 4. The van der Waals surface area contributed by atoms with Crippen LogP contribution in [0.3, 0.4) is 0 Å². The summed E-state index contributed by atoms with van der Waals surface area (Å²) in [5.74, 6) is 0.952. The fourth-order valence-corrected chi connectivity index (χ4v) is 6.59. The number of likely N-dealkylation sites (tertiary alicyclic amines) is 1. The summed E-state index contributed by atoms with van der Waals surface area (Å²) in [6.45, 7) is 8.91. The predicted molar refractivity (Wildman–Crippen MR) is 159 cm³/mol. The van der Waals surface area contributed by atoms with Crippen molar-refractivity contribution in [3.63, 3.8) is 0 Å². The van der Waals surface area contributed by atoms with Crippen molar-refractivity contribution in [2.45, 2.75) is 32.2 Å². The molecule has 0 spiro atoms. The van der Waals surface area contributed by atoms with Crippen LogP contribution < -0.4 is 15.8 Å². The Labute approximate surface area is 233 Å². The highest BCUT2D eigenvalue weighted by molar-refractivity contribution is 7.15. The number of likely N-dealkylation sites (N-methyl/N-ethyl adjacent to an activating group) is 1. The van der Waals surface area contributed by atoms with Gasteiger partial charge in [-0.05, 0) is 77.3 Å². The molecule has 2 saturated heterocycles. The lowest BCUT2D eigenvalue weighted by Gasteiger charge is -2.34. The van der Waals surface area contributed by atoms with Crippen LogP contribution in [-0.2, 0) is 6.54 Å². The fraction of sp³-hybridized carbons (Fsp3) is 0.448. The van der Waals surface area contributed by atoms with E-state index in [9.17, 15) is 4.79 Å². The Morgan fingerprint density at radius 1 is 0.949 bits per heavy atom. The Kier molecular flexibility index (Phi) is 7.33. The molecule has 0 bridgehead atoms. The fourth-order valence-electron chi connectivity index (χ4n) is 5.49. The van der Waals surface area contributed by atoms with E-state index in [1.165, 1.54) is 5.69 Å². The van der Waals surface area contributed by atoms with Gasteiger partial charge < -0.3 is 20.0 Å². The Balaban J connectivity index is 1.23.